The van der Waals surface area contributed by atoms with E-state index >= 15 is 0 Å². The van der Waals surface area contributed by atoms with Crippen LogP contribution in [0, 0.1) is 0 Å². The summed E-state index contributed by atoms with van der Waals surface area (Å²) in [6.07, 6.45) is 0. The van der Waals surface area contributed by atoms with Gasteiger partial charge in [0.1, 0.15) is 5.82 Å². The molecule has 0 fully saturated rings. The van der Waals surface area contributed by atoms with E-state index in [1.54, 1.807) is 24.3 Å². The number of hydrogen-bond acceptors (Lipinski definition) is 6. The molecule has 0 saturated heterocycles. The van der Waals surface area contributed by atoms with Crippen LogP contribution in [0.3, 0.4) is 0 Å². The lowest BCUT2D eigenvalue weighted by molar-refractivity contribution is 0.0690. The molecule has 0 amide bonds. The van der Waals surface area contributed by atoms with Gasteiger partial charge in [-0.2, -0.15) is 0 Å². The van der Waals surface area contributed by atoms with Crippen LogP contribution >= 0.6 is 0 Å². The van der Waals surface area contributed by atoms with Crippen molar-refractivity contribution < 1.29 is 18.3 Å². The average molecular weight is 364 g/mol. The number of benzene rings is 1. The number of nitrogens with zero attached hydrogens (tertiary/aromatic N) is 3. The lowest BCUT2D eigenvalue weighted by Gasteiger charge is -2.24. The highest BCUT2D eigenvalue weighted by molar-refractivity contribution is 7.89. The molecule has 0 saturated carbocycles. The number of sulfonamides is 1. The molecule has 2 rings (SSSR count). The summed E-state index contributed by atoms with van der Waals surface area (Å²) in [6, 6.07) is 11.1. The van der Waals surface area contributed by atoms with Crippen LogP contribution in [-0.2, 0) is 10.0 Å². The van der Waals surface area contributed by atoms with Crippen LogP contribution in [0.4, 0.5) is 11.5 Å². The fraction of sp³-hybridized carbons (Fsp3) is 0.250. The van der Waals surface area contributed by atoms with Gasteiger partial charge >= 0.3 is 5.97 Å². The van der Waals surface area contributed by atoms with Crippen molar-refractivity contribution in [1.82, 2.24) is 4.98 Å². The Morgan fingerprint density at radius 1 is 1.08 bits per heavy atom. The van der Waals surface area contributed by atoms with Crippen LogP contribution in [-0.4, -0.2) is 51.7 Å². The first kappa shape index (κ1) is 18.7. The van der Waals surface area contributed by atoms with E-state index < -0.39 is 16.0 Å². The van der Waals surface area contributed by atoms with Gasteiger partial charge in [0.25, 0.3) is 0 Å². The Morgan fingerprint density at radius 2 is 1.68 bits per heavy atom. The molecule has 0 aliphatic heterocycles. The number of likely N-dealkylation sites (N-methyl/N-ethyl adjacent to an activating group) is 2. The van der Waals surface area contributed by atoms with Gasteiger partial charge < -0.3 is 14.9 Å². The number of anilines is 2. The zero-order chi connectivity index (χ0) is 18.6. The molecule has 0 aliphatic carbocycles. The minimum Gasteiger partial charge on any atom is -0.477 e. The molecule has 0 bridgehead atoms. The SMILES string of the molecule is CN(CCN(C)c1cccc(C(=O)O)n1)c1ccc(S(N)(=O)=O)cc1. The summed E-state index contributed by atoms with van der Waals surface area (Å²) in [4.78, 5) is 18.9. The molecular formula is C16H20N4O4S. The Kier molecular flexibility index (Phi) is 5.60. The standard InChI is InChI=1S/C16H20N4O4S/c1-19(12-6-8-13(9-7-12)25(17,23)24)10-11-20(2)15-5-3-4-14(18-15)16(21)22/h3-9H,10-11H2,1-2H3,(H,21,22)(H2,17,23,24). The van der Waals surface area contributed by atoms with E-state index in [0.717, 1.165) is 5.69 Å². The predicted octanol–water partition coefficient (Wildman–Crippen LogP) is 1.000. The van der Waals surface area contributed by atoms with E-state index in [2.05, 4.69) is 4.98 Å². The summed E-state index contributed by atoms with van der Waals surface area (Å²) < 4.78 is 22.5. The van der Waals surface area contributed by atoms with Crippen LogP contribution < -0.4 is 14.9 Å². The van der Waals surface area contributed by atoms with Crippen LogP contribution in [0.25, 0.3) is 0 Å². The Morgan fingerprint density at radius 3 is 2.24 bits per heavy atom. The number of aromatic carboxylic acids is 1. The fourth-order valence-electron chi connectivity index (χ4n) is 2.19. The predicted molar refractivity (Wildman–Crippen MR) is 95.6 cm³/mol. The molecule has 0 aliphatic rings. The highest BCUT2D eigenvalue weighted by Crippen LogP contribution is 2.16. The number of rotatable bonds is 7. The first-order valence-electron chi connectivity index (χ1n) is 7.44. The first-order chi connectivity index (χ1) is 11.7. The quantitative estimate of drug-likeness (QED) is 0.752. The van der Waals surface area contributed by atoms with E-state index in [4.69, 9.17) is 10.2 Å². The third-order valence-corrected chi connectivity index (χ3v) is 4.65. The van der Waals surface area contributed by atoms with Crippen molar-refractivity contribution in [3.05, 3.63) is 48.2 Å². The van der Waals surface area contributed by atoms with Crippen molar-refractivity contribution in [1.29, 1.82) is 0 Å². The van der Waals surface area contributed by atoms with Gasteiger partial charge in [0.15, 0.2) is 5.69 Å². The number of carbonyl (C=O) groups is 1. The van der Waals surface area contributed by atoms with Gasteiger partial charge in [0, 0.05) is 32.9 Å². The minimum absolute atomic E-state index is 0.00344. The van der Waals surface area contributed by atoms with Gasteiger partial charge in [-0.05, 0) is 36.4 Å². The van der Waals surface area contributed by atoms with Crippen molar-refractivity contribution >= 4 is 27.5 Å². The lowest BCUT2D eigenvalue weighted by Crippen LogP contribution is -2.31. The third kappa shape index (κ3) is 4.91. The molecule has 1 heterocycles. The molecule has 8 nitrogen and oxygen atoms in total. The van der Waals surface area contributed by atoms with Gasteiger partial charge in [0.05, 0.1) is 4.90 Å². The number of primary sulfonamides is 1. The van der Waals surface area contributed by atoms with Crippen LogP contribution in [0.2, 0.25) is 0 Å². The highest BCUT2D eigenvalue weighted by Gasteiger charge is 2.11. The molecule has 25 heavy (non-hydrogen) atoms. The summed E-state index contributed by atoms with van der Waals surface area (Å²) in [7, 11) is 0.0000388. The summed E-state index contributed by atoms with van der Waals surface area (Å²) in [5, 5.41) is 14.1. The van der Waals surface area contributed by atoms with Gasteiger partial charge in [-0.25, -0.2) is 23.3 Å². The van der Waals surface area contributed by atoms with Crippen molar-refractivity contribution in [2.45, 2.75) is 4.90 Å². The molecule has 9 heteroatoms. The fourth-order valence-corrected chi connectivity index (χ4v) is 2.70. The number of pyridine rings is 1. The number of hydrogen-bond donors (Lipinski definition) is 2. The van der Waals surface area contributed by atoms with E-state index in [-0.39, 0.29) is 10.6 Å². The monoisotopic (exact) mass is 364 g/mol. The zero-order valence-electron chi connectivity index (χ0n) is 14.0. The van der Waals surface area contributed by atoms with Gasteiger partial charge in [0.2, 0.25) is 10.0 Å². The van der Waals surface area contributed by atoms with E-state index in [1.807, 2.05) is 23.9 Å². The average Bonchev–Trinajstić information content (AvgIpc) is 2.58. The number of carboxylic acid groups (broad SMARTS) is 1. The van der Waals surface area contributed by atoms with Gasteiger partial charge in [-0.15, -0.1) is 0 Å². The first-order valence-corrected chi connectivity index (χ1v) is 8.98. The summed E-state index contributed by atoms with van der Waals surface area (Å²) in [5.74, 6) is -0.500. The van der Waals surface area contributed by atoms with Gasteiger partial charge in [-0.3, -0.25) is 0 Å². The summed E-state index contributed by atoms with van der Waals surface area (Å²) in [5.41, 5.74) is 0.837. The van der Waals surface area contributed by atoms with Crippen LogP contribution in [0.15, 0.2) is 47.4 Å². The molecule has 0 unspecified atom stereocenters. The normalized spacial score (nSPS) is 11.2. The van der Waals surface area contributed by atoms with Crippen LogP contribution in [0.1, 0.15) is 10.5 Å². The Hall–Kier alpha value is -2.65. The van der Waals surface area contributed by atoms with E-state index in [9.17, 15) is 13.2 Å². The second-order valence-electron chi connectivity index (χ2n) is 5.57. The van der Waals surface area contributed by atoms with Crippen molar-refractivity contribution in [2.24, 2.45) is 5.14 Å². The minimum atomic E-state index is -3.70. The second-order valence-corrected chi connectivity index (χ2v) is 7.13. The molecule has 134 valence electrons. The molecule has 0 radical (unpaired) electrons. The lowest BCUT2D eigenvalue weighted by atomic mass is 10.3. The van der Waals surface area contributed by atoms with Crippen molar-refractivity contribution in [3.8, 4) is 0 Å². The number of aromatic nitrogens is 1. The Bertz CT molecular complexity index is 853. The third-order valence-electron chi connectivity index (χ3n) is 3.72. The number of nitrogens with two attached hydrogens (primary N) is 1. The van der Waals surface area contributed by atoms with Gasteiger partial charge in [-0.1, -0.05) is 6.07 Å². The molecule has 1 aromatic carbocycles. The molecule has 3 N–H and O–H groups in total. The second kappa shape index (κ2) is 7.49. The van der Waals surface area contributed by atoms with E-state index in [0.29, 0.717) is 18.9 Å². The maximum absolute atomic E-state index is 11.3. The van der Waals surface area contributed by atoms with E-state index in [1.165, 1.54) is 18.2 Å². The van der Waals surface area contributed by atoms with Crippen molar-refractivity contribution in [2.75, 3.05) is 37.0 Å². The summed E-state index contributed by atoms with van der Waals surface area (Å²) in [6.45, 7) is 1.23. The maximum atomic E-state index is 11.3. The smallest absolute Gasteiger partial charge is 0.354 e. The van der Waals surface area contributed by atoms with Crippen LogP contribution in [0.5, 0.6) is 0 Å². The zero-order valence-corrected chi connectivity index (χ0v) is 14.8. The van der Waals surface area contributed by atoms with Crippen molar-refractivity contribution in [3.63, 3.8) is 0 Å². The topological polar surface area (TPSA) is 117 Å². The Balaban J connectivity index is 2.00. The molecule has 0 spiro atoms. The maximum Gasteiger partial charge on any atom is 0.354 e. The molecule has 0 atom stereocenters. The molecular weight excluding hydrogens is 344 g/mol. The summed E-state index contributed by atoms with van der Waals surface area (Å²) >= 11 is 0. The molecule has 1 aromatic heterocycles. The number of carboxylic acids is 1. The Labute approximate surface area is 146 Å². The highest BCUT2D eigenvalue weighted by atomic mass is 32.2. The molecule has 2 aromatic rings. The largest absolute Gasteiger partial charge is 0.477 e.